The molecule has 0 spiro atoms. The number of benzene rings is 2. The van der Waals surface area contributed by atoms with Gasteiger partial charge in [0.05, 0.1) is 10.6 Å². The predicted molar refractivity (Wildman–Crippen MR) is 156 cm³/mol. The van der Waals surface area contributed by atoms with Gasteiger partial charge in [-0.15, -0.1) is 0 Å². The Morgan fingerprint density at radius 2 is 1.51 bits per heavy atom. The molecular weight excluding hydrogens is 493 g/mol. The van der Waals surface area contributed by atoms with Crippen molar-refractivity contribution >= 4 is 18.2 Å². The molecule has 4 saturated carbocycles. The normalized spacial score (nSPS) is 27.7. The first-order valence-electron chi connectivity index (χ1n) is 14.1. The number of hydrogen-bond acceptors (Lipinski definition) is 3. The Kier molecular flexibility index (Phi) is 6.80. The number of sulfone groups is 1. The Hall–Kier alpha value is -1.85. The van der Waals surface area contributed by atoms with E-state index in [9.17, 15) is 8.42 Å². The first-order chi connectivity index (χ1) is 17.4. The minimum Gasteiger partial charge on any atom is -0.543 e. The molecule has 0 amide bonds. The van der Waals surface area contributed by atoms with Gasteiger partial charge in [-0.1, -0.05) is 63.3 Å². The van der Waals surface area contributed by atoms with Crippen molar-refractivity contribution in [1.29, 1.82) is 0 Å². The highest BCUT2D eigenvalue weighted by atomic mass is 32.2. The predicted octanol–water partition coefficient (Wildman–Crippen LogP) is 8.56. The standard InChI is InChI=1S/C32H44O3SSi/c1-7-8-16-36(33,34)28-15-14-27(35-37(5,6)31(2,3)4)30(29(28)26-12-10-9-11-13-26)32-20-23-17-24(21-32)19-25(18-23)22-32/h7-15,23-25H,16-22H2,1-6H3. The lowest BCUT2D eigenvalue weighted by Crippen LogP contribution is -2.50. The Balaban J connectivity index is 1.81. The van der Waals surface area contributed by atoms with E-state index in [4.69, 9.17) is 4.43 Å². The summed E-state index contributed by atoms with van der Waals surface area (Å²) in [5.41, 5.74) is 3.09. The summed E-state index contributed by atoms with van der Waals surface area (Å²) in [4.78, 5) is 0.463. The van der Waals surface area contributed by atoms with Gasteiger partial charge in [-0.3, -0.25) is 0 Å². The maximum atomic E-state index is 13.8. The lowest BCUT2D eigenvalue weighted by Gasteiger charge is -2.58. The number of rotatable bonds is 7. The third kappa shape index (κ3) is 4.87. The van der Waals surface area contributed by atoms with Gasteiger partial charge in [0.2, 0.25) is 8.32 Å². The molecule has 200 valence electrons. The molecule has 5 heteroatoms. The molecular formula is C32H44O3SSi. The van der Waals surface area contributed by atoms with Gasteiger partial charge >= 0.3 is 0 Å². The van der Waals surface area contributed by atoms with Crippen LogP contribution in [0.5, 0.6) is 5.75 Å². The van der Waals surface area contributed by atoms with Crippen LogP contribution in [0.1, 0.15) is 71.8 Å². The van der Waals surface area contributed by atoms with Crippen LogP contribution in [-0.2, 0) is 15.3 Å². The third-order valence-corrected chi connectivity index (χ3v) is 15.8. The molecule has 0 unspecified atom stereocenters. The molecule has 37 heavy (non-hydrogen) atoms. The summed E-state index contributed by atoms with van der Waals surface area (Å²) >= 11 is 0. The average Bonchev–Trinajstić information content (AvgIpc) is 2.81. The fourth-order valence-electron chi connectivity index (χ4n) is 7.48. The van der Waals surface area contributed by atoms with Crippen molar-refractivity contribution in [2.75, 3.05) is 5.75 Å². The van der Waals surface area contributed by atoms with Gasteiger partial charge in [-0.25, -0.2) is 8.42 Å². The van der Waals surface area contributed by atoms with Crippen molar-refractivity contribution in [1.82, 2.24) is 0 Å². The quantitative estimate of drug-likeness (QED) is 0.263. The summed E-state index contributed by atoms with van der Waals surface area (Å²) in [6, 6.07) is 14.1. The highest BCUT2D eigenvalue weighted by Gasteiger charge is 2.54. The molecule has 4 fully saturated rings. The molecule has 0 atom stereocenters. The monoisotopic (exact) mass is 536 g/mol. The van der Waals surface area contributed by atoms with Crippen LogP contribution in [0.4, 0.5) is 0 Å². The fourth-order valence-corrected chi connectivity index (χ4v) is 9.94. The van der Waals surface area contributed by atoms with Crippen LogP contribution >= 0.6 is 0 Å². The van der Waals surface area contributed by atoms with Crippen molar-refractivity contribution in [2.24, 2.45) is 17.8 Å². The summed E-state index contributed by atoms with van der Waals surface area (Å²) in [7, 11) is -5.67. The van der Waals surface area contributed by atoms with Crippen LogP contribution in [0.25, 0.3) is 11.1 Å². The van der Waals surface area contributed by atoms with Gasteiger partial charge in [0, 0.05) is 16.5 Å². The van der Waals surface area contributed by atoms with Crippen LogP contribution < -0.4 is 4.43 Å². The minimum absolute atomic E-state index is 0.0102. The molecule has 0 saturated heterocycles. The molecule has 2 aromatic rings. The number of hydrogen-bond donors (Lipinski definition) is 0. The second-order valence-electron chi connectivity index (χ2n) is 13.6. The maximum Gasteiger partial charge on any atom is 0.250 e. The van der Waals surface area contributed by atoms with Crippen LogP contribution in [-0.4, -0.2) is 22.5 Å². The van der Waals surface area contributed by atoms with Gasteiger partial charge in [-0.2, -0.15) is 0 Å². The van der Waals surface area contributed by atoms with Crippen molar-refractivity contribution in [3.8, 4) is 16.9 Å². The van der Waals surface area contributed by atoms with Crippen molar-refractivity contribution < 1.29 is 12.8 Å². The van der Waals surface area contributed by atoms with Crippen molar-refractivity contribution in [2.45, 2.75) is 94.7 Å². The number of allylic oxidation sites excluding steroid dienone is 1. The van der Waals surface area contributed by atoms with Crippen molar-refractivity contribution in [3.05, 3.63) is 60.2 Å². The SMILES string of the molecule is CC=CCS(=O)(=O)c1ccc(O[Si](C)(C)C(C)(C)C)c(C23CC4CC(CC(C4)C2)C3)c1-c1ccccc1. The Morgan fingerprint density at radius 3 is 2.03 bits per heavy atom. The highest BCUT2D eigenvalue weighted by molar-refractivity contribution is 7.91. The Morgan fingerprint density at radius 1 is 0.946 bits per heavy atom. The zero-order valence-corrected chi connectivity index (χ0v) is 25.3. The molecule has 0 N–H and O–H groups in total. The topological polar surface area (TPSA) is 43.4 Å². The van der Waals surface area contributed by atoms with E-state index in [1.54, 1.807) is 6.08 Å². The Bertz CT molecular complexity index is 1250. The lowest BCUT2D eigenvalue weighted by atomic mass is 9.47. The molecule has 0 radical (unpaired) electrons. The zero-order chi connectivity index (χ0) is 26.6. The van der Waals surface area contributed by atoms with E-state index in [1.807, 2.05) is 43.3 Å². The van der Waals surface area contributed by atoms with Crippen LogP contribution in [0.15, 0.2) is 59.5 Å². The Labute approximate surface area is 225 Å². The molecule has 0 heterocycles. The van der Waals surface area contributed by atoms with Gasteiger partial charge in [0.1, 0.15) is 5.75 Å². The minimum atomic E-state index is -3.52. The van der Waals surface area contributed by atoms with Crippen LogP contribution in [0.2, 0.25) is 18.1 Å². The van der Waals surface area contributed by atoms with E-state index in [2.05, 4.69) is 46.0 Å². The average molecular weight is 537 g/mol. The van der Waals surface area contributed by atoms with E-state index < -0.39 is 18.2 Å². The van der Waals surface area contributed by atoms with E-state index >= 15 is 0 Å². The summed E-state index contributed by atoms with van der Waals surface area (Å²) in [5, 5.41) is 0.0509. The first-order valence-corrected chi connectivity index (χ1v) is 18.7. The maximum absolute atomic E-state index is 13.8. The van der Waals surface area contributed by atoms with E-state index in [0.29, 0.717) is 4.90 Å². The lowest BCUT2D eigenvalue weighted by molar-refractivity contribution is -0.00567. The summed E-state index contributed by atoms with van der Waals surface area (Å²) in [6.45, 7) is 13.3. The first kappa shape index (κ1) is 26.7. The second-order valence-corrected chi connectivity index (χ2v) is 20.3. The molecule has 4 aliphatic carbocycles. The summed E-state index contributed by atoms with van der Waals surface area (Å²) in [5.74, 6) is 3.21. The van der Waals surface area contributed by atoms with Gasteiger partial charge in [0.25, 0.3) is 0 Å². The highest BCUT2D eigenvalue weighted by Crippen LogP contribution is 2.64. The second kappa shape index (κ2) is 9.41. The molecule has 2 aromatic carbocycles. The van der Waals surface area contributed by atoms with Gasteiger partial charge in [-0.05, 0) is 99.0 Å². The van der Waals surface area contributed by atoms with Crippen LogP contribution in [0, 0.1) is 17.8 Å². The van der Waals surface area contributed by atoms with Crippen LogP contribution in [0.3, 0.4) is 0 Å². The molecule has 0 aliphatic heterocycles. The zero-order valence-electron chi connectivity index (χ0n) is 23.5. The van der Waals surface area contributed by atoms with Crippen molar-refractivity contribution in [3.63, 3.8) is 0 Å². The third-order valence-electron chi connectivity index (χ3n) is 9.82. The van der Waals surface area contributed by atoms with E-state index in [1.165, 1.54) is 24.8 Å². The summed E-state index contributed by atoms with van der Waals surface area (Å²) < 4.78 is 34.8. The largest absolute Gasteiger partial charge is 0.543 e. The van der Waals surface area contributed by atoms with Gasteiger partial charge < -0.3 is 4.43 Å². The van der Waals surface area contributed by atoms with E-state index in [-0.39, 0.29) is 16.2 Å². The van der Waals surface area contributed by atoms with E-state index in [0.717, 1.165) is 53.9 Å². The van der Waals surface area contributed by atoms with Gasteiger partial charge in [0.15, 0.2) is 9.84 Å². The molecule has 4 aliphatic rings. The molecule has 3 nitrogen and oxygen atoms in total. The molecule has 6 rings (SSSR count). The molecule has 0 aromatic heterocycles. The molecule has 4 bridgehead atoms. The summed E-state index contributed by atoms with van der Waals surface area (Å²) in [6.07, 6.45) is 11.1. The smallest absolute Gasteiger partial charge is 0.250 e. The fraction of sp³-hybridized carbons (Fsp3) is 0.562.